The molecular formula is C26H30ClN3O4S. The van der Waals surface area contributed by atoms with Crippen molar-refractivity contribution in [3.05, 3.63) is 53.6 Å². The second kappa shape index (κ2) is 8.98. The van der Waals surface area contributed by atoms with Gasteiger partial charge in [-0.05, 0) is 30.2 Å². The van der Waals surface area contributed by atoms with E-state index in [-0.39, 0.29) is 35.5 Å². The summed E-state index contributed by atoms with van der Waals surface area (Å²) in [5, 5.41) is 10.7. The molecule has 6 atom stereocenters. The number of thioether (sulfide) groups is 1. The maximum absolute atomic E-state index is 14.3. The molecule has 0 aliphatic carbocycles. The Kier molecular flexibility index (Phi) is 6.26. The van der Waals surface area contributed by atoms with Crippen molar-refractivity contribution in [2.45, 2.75) is 35.9 Å². The summed E-state index contributed by atoms with van der Waals surface area (Å²) < 4.78 is -0.898. The van der Waals surface area contributed by atoms with Crippen LogP contribution in [-0.4, -0.2) is 81.5 Å². The highest BCUT2D eigenvalue weighted by Crippen LogP contribution is 2.61. The van der Waals surface area contributed by atoms with Gasteiger partial charge in [-0.3, -0.25) is 14.4 Å². The van der Waals surface area contributed by atoms with Gasteiger partial charge in [0.15, 0.2) is 0 Å². The minimum Gasteiger partial charge on any atom is -0.394 e. The van der Waals surface area contributed by atoms with E-state index in [1.165, 1.54) is 0 Å². The highest BCUT2D eigenvalue weighted by molar-refractivity contribution is 8.02. The van der Waals surface area contributed by atoms with E-state index in [0.717, 1.165) is 0 Å². The number of likely N-dealkylation sites (N-methyl/N-ethyl adjacent to an activating group) is 1. The molecule has 4 aliphatic rings. The van der Waals surface area contributed by atoms with Gasteiger partial charge in [-0.15, -0.1) is 11.8 Å². The minimum absolute atomic E-state index is 0.0722. The number of aliphatic hydroxyl groups is 1. The van der Waals surface area contributed by atoms with E-state index in [1.807, 2.05) is 38.2 Å². The van der Waals surface area contributed by atoms with E-state index in [0.29, 0.717) is 23.8 Å². The van der Waals surface area contributed by atoms with Crippen LogP contribution < -0.4 is 4.90 Å². The number of fused-ring (bicyclic) bond motifs is 2. The zero-order chi connectivity index (χ0) is 25.1. The zero-order valence-electron chi connectivity index (χ0n) is 20.0. The fraction of sp³-hybridized carbons (Fsp3) is 0.500. The van der Waals surface area contributed by atoms with Gasteiger partial charge in [-0.25, -0.2) is 0 Å². The predicted octanol–water partition coefficient (Wildman–Crippen LogP) is 2.59. The molecule has 3 amide bonds. The molecule has 5 rings (SSSR count). The monoisotopic (exact) mass is 515 g/mol. The van der Waals surface area contributed by atoms with Crippen molar-refractivity contribution in [1.29, 1.82) is 0 Å². The Labute approximate surface area is 214 Å². The first-order valence-electron chi connectivity index (χ1n) is 12.0. The number of rotatable bonds is 4. The first-order chi connectivity index (χ1) is 16.7. The van der Waals surface area contributed by atoms with E-state index >= 15 is 0 Å². The minimum atomic E-state index is -0.898. The summed E-state index contributed by atoms with van der Waals surface area (Å²) in [7, 11) is 1.75. The number of likely N-dealkylation sites (tertiary alicyclic amines) is 1. The molecular weight excluding hydrogens is 486 g/mol. The largest absolute Gasteiger partial charge is 0.394 e. The summed E-state index contributed by atoms with van der Waals surface area (Å²) in [5.74, 6) is -1.82. The summed E-state index contributed by atoms with van der Waals surface area (Å²) in [4.78, 5) is 46.9. The third-order valence-electron chi connectivity index (χ3n) is 7.75. The van der Waals surface area contributed by atoms with E-state index in [1.54, 1.807) is 57.8 Å². The molecule has 1 N–H and O–H groups in total. The number of aliphatic hydroxyl groups excluding tert-OH is 1. The molecule has 1 spiro atoms. The van der Waals surface area contributed by atoms with Crippen LogP contribution in [0.15, 0.2) is 48.6 Å². The number of carbonyl (C=O) groups is 3. The maximum atomic E-state index is 14.3. The summed E-state index contributed by atoms with van der Waals surface area (Å²) >= 11 is 7.63. The Hall–Kier alpha value is -2.29. The molecule has 35 heavy (non-hydrogen) atoms. The Morgan fingerprint density at radius 3 is 2.46 bits per heavy atom. The van der Waals surface area contributed by atoms with Gasteiger partial charge in [0.1, 0.15) is 6.04 Å². The molecule has 0 radical (unpaired) electrons. The van der Waals surface area contributed by atoms with Crippen LogP contribution in [0.3, 0.4) is 0 Å². The number of halogens is 1. The third-order valence-corrected chi connectivity index (χ3v) is 9.75. The standard InChI is InChI=1S/C26H30ClN3O4S/c1-15(2)18(14-31)30-22-25(34)29(17-9-7-16(27)8-10-17)13-5-11-26(22)21(24(30)33)20-19(35-26)6-4-12-28(3)23(20)32/h4-11,15,18-22,31H,12-14H2,1-3H3/t18-,19-,20+,21-,22?,26-/m0/s1. The molecule has 4 aliphatic heterocycles. The van der Waals surface area contributed by atoms with Crippen molar-refractivity contribution >= 4 is 46.8 Å². The molecule has 1 unspecified atom stereocenters. The number of nitrogens with zero attached hydrogens (tertiary/aromatic N) is 3. The predicted molar refractivity (Wildman–Crippen MR) is 137 cm³/mol. The molecule has 1 aromatic rings. The molecule has 1 aromatic carbocycles. The van der Waals surface area contributed by atoms with Crippen molar-refractivity contribution in [2.75, 3.05) is 31.6 Å². The summed E-state index contributed by atoms with van der Waals surface area (Å²) in [6.07, 6.45) is 7.92. The van der Waals surface area contributed by atoms with Crippen LogP contribution in [0.1, 0.15) is 13.8 Å². The Bertz CT molecular complexity index is 1110. The SMILES string of the molecule is CC(C)[C@H](CO)N1C(=O)[C@@H]2[C@@H]3C(=O)N(C)CC=C[C@@H]3S[C@@]23C=CCN(c2ccc(Cl)cc2)C(=O)C13. The molecule has 186 valence electrons. The molecule has 0 bridgehead atoms. The Morgan fingerprint density at radius 1 is 1.09 bits per heavy atom. The maximum Gasteiger partial charge on any atom is 0.251 e. The fourth-order valence-electron chi connectivity index (χ4n) is 6.03. The van der Waals surface area contributed by atoms with Gasteiger partial charge in [0.25, 0.3) is 5.91 Å². The molecule has 7 nitrogen and oxygen atoms in total. The van der Waals surface area contributed by atoms with Crippen molar-refractivity contribution in [2.24, 2.45) is 17.8 Å². The summed E-state index contributed by atoms with van der Waals surface area (Å²) in [6, 6.07) is 5.69. The number of carbonyl (C=O) groups excluding carboxylic acids is 3. The van der Waals surface area contributed by atoms with Gasteiger partial charge in [-0.2, -0.15) is 0 Å². The van der Waals surface area contributed by atoms with Crippen LogP contribution in [0.2, 0.25) is 5.02 Å². The van der Waals surface area contributed by atoms with Gasteiger partial charge < -0.3 is 19.8 Å². The van der Waals surface area contributed by atoms with E-state index in [2.05, 4.69) is 0 Å². The van der Waals surface area contributed by atoms with E-state index < -0.39 is 28.7 Å². The van der Waals surface area contributed by atoms with Gasteiger partial charge in [0.2, 0.25) is 11.8 Å². The van der Waals surface area contributed by atoms with Crippen LogP contribution in [-0.2, 0) is 14.4 Å². The van der Waals surface area contributed by atoms with Crippen molar-refractivity contribution in [3.63, 3.8) is 0 Å². The number of hydrogen-bond donors (Lipinski definition) is 1. The topological polar surface area (TPSA) is 81.2 Å². The van der Waals surface area contributed by atoms with Crippen LogP contribution in [0.5, 0.6) is 0 Å². The Balaban J connectivity index is 1.66. The third kappa shape index (κ3) is 3.64. The average Bonchev–Trinajstić information content (AvgIpc) is 3.14. The van der Waals surface area contributed by atoms with Crippen molar-refractivity contribution in [1.82, 2.24) is 9.80 Å². The molecule has 0 aromatic heterocycles. The van der Waals surface area contributed by atoms with Crippen LogP contribution in [0.25, 0.3) is 0 Å². The Morgan fingerprint density at radius 2 is 1.80 bits per heavy atom. The van der Waals surface area contributed by atoms with Gasteiger partial charge in [-0.1, -0.05) is 49.8 Å². The first kappa shape index (κ1) is 24.4. The molecule has 4 heterocycles. The van der Waals surface area contributed by atoms with Crippen LogP contribution in [0, 0.1) is 17.8 Å². The summed E-state index contributed by atoms with van der Waals surface area (Å²) in [6.45, 7) is 4.46. The lowest BCUT2D eigenvalue weighted by molar-refractivity contribution is -0.144. The van der Waals surface area contributed by atoms with E-state index in [4.69, 9.17) is 11.6 Å². The first-order valence-corrected chi connectivity index (χ1v) is 13.2. The van der Waals surface area contributed by atoms with Gasteiger partial charge in [0, 0.05) is 36.1 Å². The summed E-state index contributed by atoms with van der Waals surface area (Å²) in [5.41, 5.74) is 0.690. The lowest BCUT2D eigenvalue weighted by atomic mass is 9.78. The van der Waals surface area contributed by atoms with Gasteiger partial charge in [0.05, 0.1) is 29.2 Å². The lowest BCUT2D eigenvalue weighted by Crippen LogP contribution is -2.57. The quantitative estimate of drug-likeness (QED) is 0.623. The highest BCUT2D eigenvalue weighted by Gasteiger charge is 2.71. The molecule has 0 saturated carbocycles. The zero-order valence-corrected chi connectivity index (χ0v) is 21.6. The normalized spacial score (nSPS) is 33.1. The second-order valence-electron chi connectivity index (χ2n) is 10.1. The number of hydrogen-bond acceptors (Lipinski definition) is 5. The lowest BCUT2D eigenvalue weighted by Gasteiger charge is -2.39. The van der Waals surface area contributed by atoms with Gasteiger partial charge >= 0.3 is 0 Å². The number of amides is 3. The second-order valence-corrected chi connectivity index (χ2v) is 12.0. The smallest absolute Gasteiger partial charge is 0.251 e. The molecule has 9 heteroatoms. The van der Waals surface area contributed by atoms with Crippen molar-refractivity contribution in [3.8, 4) is 0 Å². The van der Waals surface area contributed by atoms with Crippen molar-refractivity contribution < 1.29 is 19.5 Å². The highest BCUT2D eigenvalue weighted by atomic mass is 35.5. The average molecular weight is 516 g/mol. The molecule has 2 fully saturated rings. The molecule has 2 saturated heterocycles. The number of benzene rings is 1. The van der Waals surface area contributed by atoms with Crippen LogP contribution in [0.4, 0.5) is 5.69 Å². The number of anilines is 1. The fourth-order valence-corrected chi connectivity index (χ4v) is 8.15. The van der Waals surface area contributed by atoms with E-state index in [9.17, 15) is 19.5 Å². The van der Waals surface area contributed by atoms with Crippen LogP contribution >= 0.6 is 23.4 Å².